The summed E-state index contributed by atoms with van der Waals surface area (Å²) in [5.74, 6) is 0.563. The van der Waals surface area contributed by atoms with Crippen LogP contribution in [0, 0.1) is 0 Å². The number of carbonyl (C=O) groups excluding carboxylic acids is 2. The highest BCUT2D eigenvalue weighted by Crippen LogP contribution is 2.27. The molecule has 3 N–H and O–H groups in total. The van der Waals surface area contributed by atoms with E-state index in [-0.39, 0.29) is 32.1 Å². The lowest BCUT2D eigenvalue weighted by Gasteiger charge is -2.09. The molecular formula is C17H25NO5S2. The molecule has 1 aromatic rings. The van der Waals surface area contributed by atoms with Crippen molar-refractivity contribution in [3.63, 3.8) is 0 Å². The van der Waals surface area contributed by atoms with Crippen molar-refractivity contribution in [1.29, 1.82) is 0 Å². The van der Waals surface area contributed by atoms with Gasteiger partial charge in [-0.3, -0.25) is 9.59 Å². The smallest absolute Gasteiger partial charge is 0.325 e. The van der Waals surface area contributed by atoms with Crippen LogP contribution in [-0.4, -0.2) is 60.0 Å². The minimum absolute atomic E-state index is 0.101. The average molecular weight is 388 g/mol. The highest BCUT2D eigenvalue weighted by Gasteiger charge is 2.08. The summed E-state index contributed by atoms with van der Waals surface area (Å²) >= 11 is 3.10. The van der Waals surface area contributed by atoms with E-state index in [2.05, 4.69) is 5.32 Å². The van der Waals surface area contributed by atoms with Crippen molar-refractivity contribution in [2.24, 2.45) is 0 Å². The molecule has 1 rings (SSSR count). The van der Waals surface area contributed by atoms with E-state index < -0.39 is 5.97 Å². The van der Waals surface area contributed by atoms with Gasteiger partial charge in [-0.25, -0.2) is 0 Å². The Hall–Kier alpha value is -1.22. The molecule has 0 radical (unpaired) electrons. The van der Waals surface area contributed by atoms with E-state index in [1.807, 2.05) is 18.2 Å². The van der Waals surface area contributed by atoms with Crippen LogP contribution in [0.15, 0.2) is 28.0 Å². The van der Waals surface area contributed by atoms with Crippen molar-refractivity contribution >= 4 is 35.4 Å². The van der Waals surface area contributed by atoms with Gasteiger partial charge in [-0.1, -0.05) is 0 Å². The summed E-state index contributed by atoms with van der Waals surface area (Å²) in [6, 6.07) is 6.02. The molecule has 0 saturated carbocycles. The molecule has 0 unspecified atom stereocenters. The molecule has 0 fully saturated rings. The molecule has 0 aliphatic rings. The van der Waals surface area contributed by atoms with Gasteiger partial charge in [0.2, 0.25) is 5.91 Å². The fraction of sp³-hybridized carbons (Fsp3) is 0.529. The molecule has 140 valence electrons. The molecule has 0 atom stereocenters. The van der Waals surface area contributed by atoms with Gasteiger partial charge in [0, 0.05) is 27.7 Å². The van der Waals surface area contributed by atoms with Crippen LogP contribution >= 0.6 is 23.5 Å². The Bertz CT molecular complexity index is 528. The number of carbonyl (C=O) groups is 2. The number of nitrogens with one attached hydrogen (secondary N) is 1. The summed E-state index contributed by atoms with van der Waals surface area (Å²) in [7, 11) is 0. The molecule has 0 aromatic heterocycles. The number of thioether (sulfide) groups is 2. The Balaban J connectivity index is 2.59. The maximum Gasteiger partial charge on any atom is 0.325 e. The fourth-order valence-corrected chi connectivity index (χ4v) is 3.62. The van der Waals surface area contributed by atoms with E-state index in [1.165, 1.54) is 0 Å². The van der Waals surface area contributed by atoms with Crippen molar-refractivity contribution < 1.29 is 24.5 Å². The van der Waals surface area contributed by atoms with Crippen LogP contribution < -0.4 is 5.32 Å². The third-order valence-electron chi connectivity index (χ3n) is 3.04. The standard InChI is InChI=1S/C17H25NO5S2/c1-2-23-17(22)12-18-16(21)4-3-13-9-14(24-7-5-19)11-15(10-13)25-8-6-20/h9-11,19-20H,2-8,12H2,1H3,(H,18,21). The number of aryl methyl sites for hydroxylation is 1. The molecule has 1 aromatic carbocycles. The summed E-state index contributed by atoms with van der Waals surface area (Å²) in [6.45, 7) is 2.10. The van der Waals surface area contributed by atoms with Crippen LogP contribution in [-0.2, 0) is 20.7 Å². The average Bonchev–Trinajstić information content (AvgIpc) is 2.61. The minimum Gasteiger partial charge on any atom is -0.465 e. The second-order valence-electron chi connectivity index (χ2n) is 5.04. The molecule has 0 saturated heterocycles. The number of ether oxygens (including phenoxy) is 1. The van der Waals surface area contributed by atoms with Crippen LogP contribution in [0.1, 0.15) is 18.9 Å². The Labute approximate surface area is 156 Å². The number of amides is 1. The molecule has 0 heterocycles. The summed E-state index contributed by atoms with van der Waals surface area (Å²) in [5, 5.41) is 20.5. The van der Waals surface area contributed by atoms with Gasteiger partial charge in [0.05, 0.1) is 19.8 Å². The lowest BCUT2D eigenvalue weighted by atomic mass is 10.1. The van der Waals surface area contributed by atoms with E-state index >= 15 is 0 Å². The number of hydrogen-bond donors (Lipinski definition) is 3. The van der Waals surface area contributed by atoms with Crippen molar-refractivity contribution in [2.75, 3.05) is 37.9 Å². The third kappa shape index (κ3) is 9.74. The van der Waals surface area contributed by atoms with E-state index in [9.17, 15) is 9.59 Å². The van der Waals surface area contributed by atoms with Crippen molar-refractivity contribution in [3.8, 4) is 0 Å². The number of esters is 1. The summed E-state index contributed by atoms with van der Waals surface area (Å²) in [6.07, 6.45) is 0.826. The van der Waals surface area contributed by atoms with Crippen molar-refractivity contribution in [2.45, 2.75) is 29.6 Å². The quantitative estimate of drug-likeness (QED) is 0.369. The van der Waals surface area contributed by atoms with E-state index in [0.717, 1.165) is 15.4 Å². The van der Waals surface area contributed by atoms with Gasteiger partial charge < -0.3 is 20.3 Å². The Morgan fingerprint density at radius 3 is 2.20 bits per heavy atom. The Kier molecular flexibility index (Phi) is 11.4. The van der Waals surface area contributed by atoms with Crippen LogP contribution in [0.2, 0.25) is 0 Å². The van der Waals surface area contributed by atoms with E-state index in [0.29, 0.717) is 24.5 Å². The van der Waals surface area contributed by atoms with Crippen molar-refractivity contribution in [3.05, 3.63) is 23.8 Å². The monoisotopic (exact) mass is 387 g/mol. The van der Waals surface area contributed by atoms with Crippen LogP contribution in [0.4, 0.5) is 0 Å². The number of aliphatic hydroxyl groups excluding tert-OH is 2. The van der Waals surface area contributed by atoms with Gasteiger partial charge >= 0.3 is 5.97 Å². The molecule has 8 heteroatoms. The van der Waals surface area contributed by atoms with E-state index in [1.54, 1.807) is 30.4 Å². The maximum absolute atomic E-state index is 11.8. The predicted molar refractivity (Wildman–Crippen MR) is 100 cm³/mol. The first kappa shape index (κ1) is 21.8. The molecule has 0 spiro atoms. The molecule has 25 heavy (non-hydrogen) atoms. The Morgan fingerprint density at radius 1 is 1.08 bits per heavy atom. The zero-order valence-corrected chi connectivity index (χ0v) is 16.0. The minimum atomic E-state index is -0.444. The van der Waals surface area contributed by atoms with Gasteiger partial charge in [0.15, 0.2) is 0 Å². The summed E-state index contributed by atoms with van der Waals surface area (Å²) < 4.78 is 4.76. The first-order chi connectivity index (χ1) is 12.1. The van der Waals surface area contributed by atoms with Gasteiger partial charge in [-0.15, -0.1) is 23.5 Å². The lowest BCUT2D eigenvalue weighted by molar-refractivity contribution is -0.143. The normalized spacial score (nSPS) is 10.5. The predicted octanol–water partition coefficient (Wildman–Crippen LogP) is 1.47. The molecular weight excluding hydrogens is 362 g/mol. The summed E-state index contributed by atoms with van der Waals surface area (Å²) in [5.41, 5.74) is 1.01. The first-order valence-corrected chi connectivity index (χ1v) is 10.1. The van der Waals surface area contributed by atoms with Gasteiger partial charge in [-0.05, 0) is 37.1 Å². The Morgan fingerprint density at radius 2 is 1.68 bits per heavy atom. The first-order valence-electron chi connectivity index (χ1n) is 8.12. The highest BCUT2D eigenvalue weighted by atomic mass is 32.2. The topological polar surface area (TPSA) is 95.9 Å². The number of benzene rings is 1. The number of aliphatic hydroxyl groups is 2. The van der Waals surface area contributed by atoms with Crippen molar-refractivity contribution in [1.82, 2.24) is 5.32 Å². The van der Waals surface area contributed by atoms with Crippen LogP contribution in [0.25, 0.3) is 0 Å². The molecule has 0 aliphatic heterocycles. The van der Waals surface area contributed by atoms with E-state index in [4.69, 9.17) is 14.9 Å². The maximum atomic E-state index is 11.8. The van der Waals surface area contributed by atoms with Crippen LogP contribution in [0.3, 0.4) is 0 Å². The van der Waals surface area contributed by atoms with Gasteiger partial charge in [0.1, 0.15) is 6.54 Å². The zero-order valence-electron chi connectivity index (χ0n) is 14.3. The molecule has 0 bridgehead atoms. The molecule has 0 aliphatic carbocycles. The lowest BCUT2D eigenvalue weighted by Crippen LogP contribution is -2.30. The third-order valence-corrected chi connectivity index (χ3v) is 4.95. The van der Waals surface area contributed by atoms with Gasteiger partial charge in [-0.2, -0.15) is 0 Å². The number of hydrogen-bond acceptors (Lipinski definition) is 7. The largest absolute Gasteiger partial charge is 0.465 e. The molecule has 1 amide bonds. The highest BCUT2D eigenvalue weighted by molar-refractivity contribution is 8.00. The summed E-state index contributed by atoms with van der Waals surface area (Å²) in [4.78, 5) is 25.1. The number of rotatable bonds is 12. The van der Waals surface area contributed by atoms with Gasteiger partial charge in [0.25, 0.3) is 0 Å². The fourth-order valence-electron chi connectivity index (χ4n) is 2.00. The second-order valence-corrected chi connectivity index (χ2v) is 7.38. The van der Waals surface area contributed by atoms with Crippen LogP contribution in [0.5, 0.6) is 0 Å². The molecule has 6 nitrogen and oxygen atoms in total. The SMILES string of the molecule is CCOC(=O)CNC(=O)CCc1cc(SCCO)cc(SCCO)c1. The zero-order chi connectivity index (χ0) is 18.5. The second kappa shape index (κ2) is 13.0.